The van der Waals surface area contributed by atoms with Gasteiger partial charge in [-0.05, 0) is 13.3 Å². The number of nitrogens with two attached hydrogens (primary N) is 1. The first kappa shape index (κ1) is 17.9. The van der Waals surface area contributed by atoms with Crippen LogP contribution in [0.3, 0.4) is 0 Å². The molecule has 2 rings (SSSR count). The summed E-state index contributed by atoms with van der Waals surface area (Å²) >= 11 is 0. The normalized spacial score (nSPS) is 17.4. The van der Waals surface area contributed by atoms with Crippen molar-refractivity contribution >= 4 is 18.3 Å². The van der Waals surface area contributed by atoms with E-state index in [1.807, 2.05) is 24.8 Å². The first-order valence-corrected chi connectivity index (χ1v) is 7.29. The summed E-state index contributed by atoms with van der Waals surface area (Å²) in [5.41, 5.74) is 6.79. The number of aryl methyl sites for hydroxylation is 1. The quantitative estimate of drug-likeness (QED) is 0.882. The molecule has 0 radical (unpaired) electrons. The van der Waals surface area contributed by atoms with Crippen molar-refractivity contribution in [1.29, 1.82) is 0 Å². The highest BCUT2D eigenvalue weighted by atomic mass is 35.5. The summed E-state index contributed by atoms with van der Waals surface area (Å²) in [6.07, 6.45) is 1.70. The van der Waals surface area contributed by atoms with Crippen LogP contribution in [-0.2, 0) is 11.3 Å². The Bertz CT molecular complexity index is 444. The molecular weight excluding hydrogens is 292 g/mol. The number of hydrogen-bond donors (Lipinski definition) is 1. The number of amides is 1. The van der Waals surface area contributed by atoms with Crippen LogP contribution in [0.25, 0.3) is 0 Å². The van der Waals surface area contributed by atoms with E-state index in [1.54, 1.807) is 0 Å². The Kier molecular flexibility index (Phi) is 7.14. The highest BCUT2D eigenvalue weighted by Gasteiger charge is 2.25. The lowest BCUT2D eigenvalue weighted by Gasteiger charge is -2.35. The Labute approximate surface area is 132 Å². The van der Waals surface area contributed by atoms with E-state index in [0.717, 1.165) is 57.0 Å². The van der Waals surface area contributed by atoms with Gasteiger partial charge in [-0.3, -0.25) is 9.69 Å². The molecule has 1 aliphatic rings. The van der Waals surface area contributed by atoms with Crippen LogP contribution in [0.5, 0.6) is 0 Å². The van der Waals surface area contributed by atoms with Gasteiger partial charge < -0.3 is 15.2 Å². The molecule has 0 spiro atoms. The molecule has 0 aromatic carbocycles. The van der Waals surface area contributed by atoms with Crippen molar-refractivity contribution < 1.29 is 9.32 Å². The molecule has 6 nitrogen and oxygen atoms in total. The van der Waals surface area contributed by atoms with Gasteiger partial charge in [0.2, 0.25) is 5.91 Å². The summed E-state index contributed by atoms with van der Waals surface area (Å²) in [5.74, 6) is 0.965. The van der Waals surface area contributed by atoms with Crippen LogP contribution in [-0.4, -0.2) is 53.1 Å². The van der Waals surface area contributed by atoms with Crippen molar-refractivity contribution in [3.8, 4) is 0 Å². The summed E-state index contributed by atoms with van der Waals surface area (Å²) in [6, 6.07) is 1.61. The summed E-state index contributed by atoms with van der Waals surface area (Å²) in [6.45, 7) is 7.90. The highest BCUT2D eigenvalue weighted by molar-refractivity contribution is 5.85. The van der Waals surface area contributed by atoms with Crippen molar-refractivity contribution in [2.24, 2.45) is 5.73 Å². The van der Waals surface area contributed by atoms with Crippen molar-refractivity contribution in [2.75, 3.05) is 26.2 Å². The highest BCUT2D eigenvalue weighted by Crippen LogP contribution is 2.11. The summed E-state index contributed by atoms with van der Waals surface area (Å²) in [4.78, 5) is 16.3. The van der Waals surface area contributed by atoms with Crippen molar-refractivity contribution in [3.05, 3.63) is 17.5 Å². The van der Waals surface area contributed by atoms with E-state index in [2.05, 4.69) is 10.1 Å². The van der Waals surface area contributed by atoms with Crippen LogP contribution in [0.15, 0.2) is 10.6 Å². The Hall–Kier alpha value is -1.11. The maximum absolute atomic E-state index is 12.1. The lowest BCUT2D eigenvalue weighted by atomic mass is 10.1. The number of carbonyl (C=O) groups is 1. The lowest BCUT2D eigenvalue weighted by Crippen LogP contribution is -2.52. The maximum Gasteiger partial charge on any atom is 0.239 e. The number of nitrogens with zero attached hydrogens (tertiary/aromatic N) is 3. The first-order valence-electron chi connectivity index (χ1n) is 7.29. The van der Waals surface area contributed by atoms with Crippen LogP contribution in [0.1, 0.15) is 31.2 Å². The Morgan fingerprint density at radius 3 is 2.62 bits per heavy atom. The van der Waals surface area contributed by atoms with E-state index in [-0.39, 0.29) is 24.4 Å². The van der Waals surface area contributed by atoms with Gasteiger partial charge in [-0.15, -0.1) is 12.4 Å². The second-order valence-electron chi connectivity index (χ2n) is 5.43. The average Bonchev–Trinajstić information content (AvgIpc) is 2.84. The zero-order valence-corrected chi connectivity index (χ0v) is 13.6. The molecule has 0 saturated carbocycles. The first-order chi connectivity index (χ1) is 9.60. The minimum atomic E-state index is -0.344. The molecule has 1 aromatic rings. The van der Waals surface area contributed by atoms with Gasteiger partial charge in [0.25, 0.3) is 0 Å². The van der Waals surface area contributed by atoms with E-state index < -0.39 is 0 Å². The number of carbonyl (C=O) groups excluding carboxylic acids is 1. The third-order valence-electron chi connectivity index (χ3n) is 3.66. The molecule has 1 saturated heterocycles. The predicted octanol–water partition coefficient (Wildman–Crippen LogP) is 1.18. The van der Waals surface area contributed by atoms with E-state index in [1.165, 1.54) is 0 Å². The number of hydrogen-bond acceptors (Lipinski definition) is 5. The van der Waals surface area contributed by atoms with Crippen molar-refractivity contribution in [2.45, 2.75) is 39.3 Å². The molecule has 1 fully saturated rings. The number of halogens is 1. The van der Waals surface area contributed by atoms with Crippen LogP contribution in [0.2, 0.25) is 0 Å². The Morgan fingerprint density at radius 2 is 2.10 bits per heavy atom. The minimum absolute atomic E-state index is 0. The third-order valence-corrected chi connectivity index (χ3v) is 3.66. The van der Waals surface area contributed by atoms with Gasteiger partial charge in [-0.25, -0.2) is 0 Å². The second-order valence-corrected chi connectivity index (χ2v) is 5.43. The topological polar surface area (TPSA) is 75.6 Å². The molecule has 21 heavy (non-hydrogen) atoms. The predicted molar refractivity (Wildman–Crippen MR) is 83.2 cm³/mol. The van der Waals surface area contributed by atoms with Gasteiger partial charge in [-0.1, -0.05) is 18.5 Å². The van der Waals surface area contributed by atoms with E-state index in [4.69, 9.17) is 10.3 Å². The van der Waals surface area contributed by atoms with Crippen molar-refractivity contribution in [1.82, 2.24) is 15.0 Å². The van der Waals surface area contributed by atoms with Crippen LogP contribution < -0.4 is 5.73 Å². The van der Waals surface area contributed by atoms with Gasteiger partial charge in [0.1, 0.15) is 0 Å². The van der Waals surface area contributed by atoms with Crippen LogP contribution in [0.4, 0.5) is 0 Å². The zero-order chi connectivity index (χ0) is 14.5. The summed E-state index contributed by atoms with van der Waals surface area (Å²) in [5, 5.41) is 3.89. The fourth-order valence-electron chi connectivity index (χ4n) is 2.51. The maximum atomic E-state index is 12.1. The van der Waals surface area contributed by atoms with E-state index >= 15 is 0 Å². The molecule has 0 aliphatic carbocycles. The van der Waals surface area contributed by atoms with E-state index in [9.17, 15) is 4.79 Å². The fraction of sp³-hybridized carbons (Fsp3) is 0.714. The second kappa shape index (κ2) is 8.36. The Balaban J connectivity index is 0.00000220. The zero-order valence-electron chi connectivity index (χ0n) is 12.7. The summed E-state index contributed by atoms with van der Waals surface area (Å²) < 4.78 is 5.22. The molecular formula is C14H25ClN4O2. The largest absolute Gasteiger partial charge is 0.360 e. The molecule has 1 aliphatic heterocycles. The smallest absolute Gasteiger partial charge is 0.239 e. The van der Waals surface area contributed by atoms with Crippen LogP contribution >= 0.6 is 12.4 Å². The number of rotatable bonds is 5. The standard InChI is InChI=1S/C14H24N4O2.ClH/c1-3-4-13(15)14(19)18-7-5-17(6-8-18)10-12-9-11(2)16-20-12;/h9,13H,3-8,10,15H2,1-2H3;1H. The molecule has 120 valence electrons. The SMILES string of the molecule is CCCC(N)C(=O)N1CCN(Cc2cc(C)no2)CC1.Cl. The monoisotopic (exact) mass is 316 g/mol. The lowest BCUT2D eigenvalue weighted by molar-refractivity contribution is -0.134. The molecule has 0 bridgehead atoms. The number of aromatic nitrogens is 1. The van der Waals surface area contributed by atoms with Crippen molar-refractivity contribution in [3.63, 3.8) is 0 Å². The molecule has 1 unspecified atom stereocenters. The minimum Gasteiger partial charge on any atom is -0.360 e. The van der Waals surface area contributed by atoms with Gasteiger partial charge >= 0.3 is 0 Å². The fourth-order valence-corrected chi connectivity index (χ4v) is 2.51. The number of piperazine rings is 1. The van der Waals surface area contributed by atoms with E-state index in [0.29, 0.717) is 0 Å². The third kappa shape index (κ3) is 4.98. The van der Waals surface area contributed by atoms with Gasteiger partial charge in [0.15, 0.2) is 5.76 Å². The average molecular weight is 317 g/mol. The van der Waals surface area contributed by atoms with Gasteiger partial charge in [0, 0.05) is 32.2 Å². The van der Waals surface area contributed by atoms with Gasteiger partial charge in [-0.2, -0.15) is 0 Å². The Morgan fingerprint density at radius 1 is 1.43 bits per heavy atom. The van der Waals surface area contributed by atoms with Crippen LogP contribution in [0, 0.1) is 6.92 Å². The summed E-state index contributed by atoms with van der Waals surface area (Å²) in [7, 11) is 0. The molecule has 1 atom stereocenters. The molecule has 7 heteroatoms. The molecule has 2 N–H and O–H groups in total. The molecule has 1 aromatic heterocycles. The molecule has 2 heterocycles. The molecule has 1 amide bonds. The van der Waals surface area contributed by atoms with Gasteiger partial charge in [0.05, 0.1) is 18.3 Å².